The van der Waals surface area contributed by atoms with Crippen molar-refractivity contribution >= 4 is 11.9 Å². The first-order valence-electron chi connectivity index (χ1n) is 8.20. The molecular formula is C16H25NO3. The van der Waals surface area contributed by atoms with E-state index in [2.05, 4.69) is 5.32 Å². The smallest absolute Gasteiger partial charge is 0.308 e. The van der Waals surface area contributed by atoms with Gasteiger partial charge in [-0.2, -0.15) is 0 Å². The molecule has 0 aliphatic heterocycles. The molecule has 0 spiro atoms. The van der Waals surface area contributed by atoms with Crippen LogP contribution in [0.3, 0.4) is 0 Å². The average molecular weight is 279 g/mol. The molecule has 0 saturated heterocycles. The number of hydrogen-bond donors (Lipinski definition) is 2. The molecule has 0 radical (unpaired) electrons. The van der Waals surface area contributed by atoms with Crippen LogP contribution < -0.4 is 5.32 Å². The minimum absolute atomic E-state index is 0.124. The summed E-state index contributed by atoms with van der Waals surface area (Å²) in [4.78, 5) is 23.7. The molecule has 3 saturated carbocycles. The van der Waals surface area contributed by atoms with Crippen LogP contribution in [-0.2, 0) is 9.59 Å². The largest absolute Gasteiger partial charge is 0.481 e. The third-order valence-corrected chi connectivity index (χ3v) is 5.31. The van der Waals surface area contributed by atoms with Crippen molar-refractivity contribution in [2.24, 2.45) is 23.7 Å². The minimum atomic E-state index is -0.744. The fourth-order valence-electron chi connectivity index (χ4n) is 3.80. The van der Waals surface area contributed by atoms with E-state index in [1.165, 1.54) is 12.8 Å². The Balaban J connectivity index is 1.57. The Hall–Kier alpha value is -1.06. The van der Waals surface area contributed by atoms with E-state index in [4.69, 9.17) is 0 Å². The highest BCUT2D eigenvalue weighted by molar-refractivity contribution is 5.83. The molecule has 3 aliphatic rings. The molecular weight excluding hydrogens is 254 g/mol. The summed E-state index contributed by atoms with van der Waals surface area (Å²) >= 11 is 0. The van der Waals surface area contributed by atoms with Gasteiger partial charge in [-0.15, -0.1) is 0 Å². The fraction of sp³-hybridized carbons (Fsp3) is 0.875. The molecule has 0 aromatic heterocycles. The summed E-state index contributed by atoms with van der Waals surface area (Å²) in [6, 6.07) is -0.152. The van der Waals surface area contributed by atoms with Gasteiger partial charge >= 0.3 is 5.97 Å². The summed E-state index contributed by atoms with van der Waals surface area (Å²) in [7, 11) is 0. The maximum Gasteiger partial charge on any atom is 0.308 e. The molecule has 0 heterocycles. The topological polar surface area (TPSA) is 66.4 Å². The van der Waals surface area contributed by atoms with Crippen LogP contribution in [0.1, 0.15) is 57.8 Å². The third-order valence-electron chi connectivity index (χ3n) is 5.31. The van der Waals surface area contributed by atoms with Crippen LogP contribution in [0, 0.1) is 23.7 Å². The number of aliphatic carboxylic acids is 1. The number of carboxylic acids is 1. The minimum Gasteiger partial charge on any atom is -0.481 e. The summed E-state index contributed by atoms with van der Waals surface area (Å²) in [5, 5.41) is 12.5. The molecule has 0 aromatic rings. The molecule has 20 heavy (non-hydrogen) atoms. The number of carboxylic acid groups (broad SMARTS) is 1. The van der Waals surface area contributed by atoms with Crippen LogP contribution in [0.5, 0.6) is 0 Å². The first-order valence-corrected chi connectivity index (χ1v) is 8.20. The van der Waals surface area contributed by atoms with E-state index in [0.717, 1.165) is 44.4 Å². The Kier molecular flexibility index (Phi) is 3.99. The van der Waals surface area contributed by atoms with Gasteiger partial charge in [0.1, 0.15) is 0 Å². The van der Waals surface area contributed by atoms with Crippen LogP contribution in [0.4, 0.5) is 0 Å². The van der Waals surface area contributed by atoms with Crippen molar-refractivity contribution in [3.8, 4) is 0 Å². The molecule has 1 amide bonds. The molecule has 3 fully saturated rings. The molecule has 4 heteroatoms. The number of carbonyl (C=O) groups excluding carboxylic acids is 1. The number of rotatable bonds is 4. The van der Waals surface area contributed by atoms with Crippen LogP contribution in [0.2, 0.25) is 0 Å². The van der Waals surface area contributed by atoms with E-state index < -0.39 is 11.9 Å². The van der Waals surface area contributed by atoms with Gasteiger partial charge in [-0.1, -0.05) is 25.7 Å². The molecule has 2 N–H and O–H groups in total. The van der Waals surface area contributed by atoms with E-state index in [1.54, 1.807) is 0 Å². The van der Waals surface area contributed by atoms with Gasteiger partial charge in [-0.05, 0) is 43.9 Å². The fourth-order valence-corrected chi connectivity index (χ4v) is 3.80. The monoisotopic (exact) mass is 279 g/mol. The normalized spacial score (nSPS) is 37.6. The van der Waals surface area contributed by atoms with Crippen LogP contribution in [-0.4, -0.2) is 23.0 Å². The van der Waals surface area contributed by atoms with Crippen molar-refractivity contribution in [2.75, 3.05) is 0 Å². The lowest BCUT2D eigenvalue weighted by Crippen LogP contribution is -2.44. The summed E-state index contributed by atoms with van der Waals surface area (Å²) in [6.45, 7) is 0. The van der Waals surface area contributed by atoms with E-state index in [-0.39, 0.29) is 17.9 Å². The van der Waals surface area contributed by atoms with Crippen molar-refractivity contribution in [3.05, 3.63) is 0 Å². The second-order valence-electron chi connectivity index (χ2n) is 6.89. The number of nitrogens with one attached hydrogen (secondary N) is 1. The number of carbonyl (C=O) groups is 2. The summed E-state index contributed by atoms with van der Waals surface area (Å²) in [6.07, 6.45) is 9.42. The SMILES string of the molecule is O=C(O)C1CCCCCCC1NC(=O)C1CC1C1CC1. The molecule has 4 atom stereocenters. The molecule has 0 aromatic carbocycles. The second kappa shape index (κ2) is 5.74. The van der Waals surface area contributed by atoms with Crippen molar-refractivity contribution in [1.82, 2.24) is 5.32 Å². The first kappa shape index (κ1) is 13.9. The Morgan fingerprint density at radius 2 is 1.60 bits per heavy atom. The summed E-state index contributed by atoms with van der Waals surface area (Å²) in [5.74, 6) is 0.565. The lowest BCUT2D eigenvalue weighted by molar-refractivity contribution is -0.143. The molecule has 112 valence electrons. The maximum absolute atomic E-state index is 12.3. The molecule has 4 unspecified atom stereocenters. The predicted octanol–water partition coefficient (Wildman–Crippen LogP) is 2.57. The highest BCUT2D eigenvalue weighted by Crippen LogP contribution is 2.54. The quantitative estimate of drug-likeness (QED) is 0.831. The standard InChI is InChI=1S/C16H25NO3/c18-15(13-9-12(13)10-7-8-10)17-14-6-4-2-1-3-5-11(14)16(19)20/h10-14H,1-9H2,(H,17,18)(H,19,20). The van der Waals surface area contributed by atoms with Gasteiger partial charge in [-0.3, -0.25) is 9.59 Å². The van der Waals surface area contributed by atoms with Crippen LogP contribution in [0.15, 0.2) is 0 Å². The zero-order valence-corrected chi connectivity index (χ0v) is 12.0. The van der Waals surface area contributed by atoms with E-state index >= 15 is 0 Å². The highest BCUT2D eigenvalue weighted by Gasteiger charge is 2.51. The lowest BCUT2D eigenvalue weighted by atomic mass is 9.86. The first-order chi connectivity index (χ1) is 9.66. The third kappa shape index (κ3) is 3.15. The van der Waals surface area contributed by atoms with E-state index in [0.29, 0.717) is 12.3 Å². The molecule has 0 bridgehead atoms. The number of amides is 1. The average Bonchev–Trinajstić information content (AvgIpc) is 3.25. The van der Waals surface area contributed by atoms with Crippen molar-refractivity contribution in [1.29, 1.82) is 0 Å². The molecule has 3 rings (SSSR count). The lowest BCUT2D eigenvalue weighted by Gasteiger charge is -2.27. The van der Waals surface area contributed by atoms with Gasteiger partial charge in [0.2, 0.25) is 5.91 Å². The van der Waals surface area contributed by atoms with Crippen molar-refractivity contribution in [2.45, 2.75) is 63.8 Å². The van der Waals surface area contributed by atoms with Crippen molar-refractivity contribution < 1.29 is 14.7 Å². The van der Waals surface area contributed by atoms with Gasteiger partial charge < -0.3 is 10.4 Å². The predicted molar refractivity (Wildman–Crippen MR) is 75.1 cm³/mol. The van der Waals surface area contributed by atoms with E-state index in [1.807, 2.05) is 0 Å². The van der Waals surface area contributed by atoms with Gasteiger partial charge in [0.25, 0.3) is 0 Å². The van der Waals surface area contributed by atoms with Gasteiger partial charge in [-0.25, -0.2) is 0 Å². The summed E-state index contributed by atoms with van der Waals surface area (Å²) in [5.41, 5.74) is 0. The van der Waals surface area contributed by atoms with Crippen LogP contribution in [0.25, 0.3) is 0 Å². The zero-order valence-electron chi connectivity index (χ0n) is 12.0. The van der Waals surface area contributed by atoms with Gasteiger partial charge in [0.05, 0.1) is 5.92 Å². The van der Waals surface area contributed by atoms with Gasteiger partial charge in [0, 0.05) is 12.0 Å². The summed E-state index contributed by atoms with van der Waals surface area (Å²) < 4.78 is 0. The Bertz CT molecular complexity index is 391. The second-order valence-corrected chi connectivity index (χ2v) is 6.89. The van der Waals surface area contributed by atoms with Gasteiger partial charge in [0.15, 0.2) is 0 Å². The van der Waals surface area contributed by atoms with Crippen LogP contribution >= 0.6 is 0 Å². The highest BCUT2D eigenvalue weighted by atomic mass is 16.4. The maximum atomic E-state index is 12.3. The Labute approximate surface area is 120 Å². The number of hydrogen-bond acceptors (Lipinski definition) is 2. The zero-order chi connectivity index (χ0) is 14.1. The Morgan fingerprint density at radius 3 is 2.25 bits per heavy atom. The van der Waals surface area contributed by atoms with Crippen molar-refractivity contribution in [3.63, 3.8) is 0 Å². The Morgan fingerprint density at radius 1 is 0.900 bits per heavy atom. The molecule has 3 aliphatic carbocycles. The molecule has 4 nitrogen and oxygen atoms in total. The van der Waals surface area contributed by atoms with E-state index in [9.17, 15) is 14.7 Å².